The Morgan fingerprint density at radius 1 is 1.08 bits per heavy atom. The van der Waals surface area contributed by atoms with Gasteiger partial charge >= 0.3 is 6.03 Å². The van der Waals surface area contributed by atoms with E-state index in [0.29, 0.717) is 13.1 Å². The van der Waals surface area contributed by atoms with Crippen molar-refractivity contribution in [2.75, 3.05) is 20.1 Å². The number of hydrogen-bond donors (Lipinski definition) is 3. The van der Waals surface area contributed by atoms with Crippen molar-refractivity contribution in [3.63, 3.8) is 0 Å². The maximum absolute atomic E-state index is 12.5. The van der Waals surface area contributed by atoms with Crippen molar-refractivity contribution in [2.45, 2.75) is 44.7 Å². The number of imide groups is 1. The predicted molar refractivity (Wildman–Crippen MR) is 100 cm³/mol. The van der Waals surface area contributed by atoms with Crippen LogP contribution < -0.4 is 16.0 Å². The molecule has 0 radical (unpaired) electrons. The second-order valence-corrected chi connectivity index (χ2v) is 7.77. The van der Waals surface area contributed by atoms with Crippen molar-refractivity contribution < 1.29 is 18.0 Å². The highest BCUT2D eigenvalue weighted by molar-refractivity contribution is 7.89. The lowest BCUT2D eigenvalue weighted by molar-refractivity contribution is -0.121. The molecule has 0 unspecified atom stereocenters. The summed E-state index contributed by atoms with van der Waals surface area (Å²) in [6.07, 6.45) is 0. The minimum Gasteiger partial charge on any atom is -0.341 e. The Morgan fingerprint density at radius 2 is 1.62 bits per heavy atom. The van der Waals surface area contributed by atoms with Crippen LogP contribution in [0.25, 0.3) is 0 Å². The van der Waals surface area contributed by atoms with Crippen LogP contribution in [0, 0.1) is 0 Å². The molecule has 0 saturated carbocycles. The molecule has 0 aromatic heterocycles. The van der Waals surface area contributed by atoms with Gasteiger partial charge in [0.1, 0.15) is 0 Å². The highest BCUT2D eigenvalue weighted by Crippen LogP contribution is 2.19. The lowest BCUT2D eigenvalue weighted by Crippen LogP contribution is -2.47. The van der Waals surface area contributed by atoms with Crippen molar-refractivity contribution in [3.05, 3.63) is 29.8 Å². The quantitative estimate of drug-likeness (QED) is 0.624. The largest absolute Gasteiger partial charge is 0.341 e. The Kier molecular flexibility index (Phi) is 8.19. The number of hydrogen-bond acceptors (Lipinski definition) is 5. The zero-order chi connectivity index (χ0) is 19.9. The summed E-state index contributed by atoms with van der Waals surface area (Å²) < 4.78 is 26.4. The topological polar surface area (TPSA) is 108 Å². The normalized spacial score (nSPS) is 13.9. The van der Waals surface area contributed by atoms with Gasteiger partial charge in [-0.25, -0.2) is 13.2 Å². The molecule has 1 aromatic carbocycles. The van der Waals surface area contributed by atoms with Crippen LogP contribution in [0.15, 0.2) is 29.2 Å². The molecular weight excluding hydrogens is 356 g/mol. The first-order valence-corrected chi connectivity index (χ1v) is 10.00. The number of benzene rings is 1. The second-order valence-electron chi connectivity index (χ2n) is 5.84. The number of carbonyl (C=O) groups is 2. The molecule has 0 fully saturated rings. The Labute approximate surface area is 155 Å². The van der Waals surface area contributed by atoms with E-state index in [1.54, 1.807) is 45.0 Å². The van der Waals surface area contributed by atoms with E-state index in [4.69, 9.17) is 0 Å². The third-order valence-corrected chi connectivity index (χ3v) is 6.14. The van der Waals surface area contributed by atoms with Crippen molar-refractivity contribution in [2.24, 2.45) is 0 Å². The summed E-state index contributed by atoms with van der Waals surface area (Å²) in [5.41, 5.74) is 0.836. The first-order chi connectivity index (χ1) is 12.2. The highest BCUT2D eigenvalue weighted by atomic mass is 32.2. The maximum atomic E-state index is 12.5. The van der Waals surface area contributed by atoms with Crippen LogP contribution in [0.1, 0.15) is 39.3 Å². The van der Waals surface area contributed by atoms with E-state index in [2.05, 4.69) is 16.0 Å². The van der Waals surface area contributed by atoms with E-state index in [0.717, 1.165) is 5.56 Å². The molecule has 0 saturated heterocycles. The molecule has 0 spiro atoms. The van der Waals surface area contributed by atoms with Crippen LogP contribution in [0.4, 0.5) is 4.79 Å². The summed E-state index contributed by atoms with van der Waals surface area (Å²) in [5.74, 6) is -0.447. The number of sulfonamides is 1. The van der Waals surface area contributed by atoms with Crippen molar-refractivity contribution in [3.8, 4) is 0 Å². The third kappa shape index (κ3) is 5.52. The highest BCUT2D eigenvalue weighted by Gasteiger charge is 2.22. The molecule has 3 amide bonds. The number of amides is 3. The molecule has 1 aromatic rings. The van der Waals surface area contributed by atoms with E-state index in [-0.39, 0.29) is 10.9 Å². The predicted octanol–water partition coefficient (Wildman–Crippen LogP) is 1.21. The first kappa shape index (κ1) is 22.1. The van der Waals surface area contributed by atoms with Gasteiger partial charge < -0.3 is 5.32 Å². The van der Waals surface area contributed by atoms with Gasteiger partial charge in [0.05, 0.1) is 10.9 Å². The minimum absolute atomic E-state index is 0.203. The summed E-state index contributed by atoms with van der Waals surface area (Å²) in [6, 6.07) is 5.20. The Balaban J connectivity index is 2.82. The van der Waals surface area contributed by atoms with E-state index in [9.17, 15) is 18.0 Å². The van der Waals surface area contributed by atoms with Crippen molar-refractivity contribution >= 4 is 22.0 Å². The molecule has 0 aliphatic heterocycles. The van der Waals surface area contributed by atoms with Crippen LogP contribution in [-0.2, 0) is 14.8 Å². The molecule has 2 atom stereocenters. The second kappa shape index (κ2) is 9.65. The molecule has 26 heavy (non-hydrogen) atoms. The molecule has 3 N–H and O–H groups in total. The molecule has 0 bridgehead atoms. The van der Waals surface area contributed by atoms with Gasteiger partial charge in [-0.3, -0.25) is 15.4 Å². The zero-order valence-electron chi connectivity index (χ0n) is 15.9. The van der Waals surface area contributed by atoms with Crippen LogP contribution in [0.3, 0.4) is 0 Å². The molecule has 146 valence electrons. The number of carbonyl (C=O) groups excluding carboxylic acids is 2. The Morgan fingerprint density at radius 3 is 2.08 bits per heavy atom. The van der Waals surface area contributed by atoms with Gasteiger partial charge in [0.2, 0.25) is 15.9 Å². The van der Waals surface area contributed by atoms with Crippen LogP contribution >= 0.6 is 0 Å². The molecule has 8 nitrogen and oxygen atoms in total. The van der Waals surface area contributed by atoms with E-state index in [1.165, 1.54) is 11.4 Å². The van der Waals surface area contributed by atoms with Gasteiger partial charge in [0, 0.05) is 26.2 Å². The van der Waals surface area contributed by atoms with Crippen LogP contribution in [-0.4, -0.2) is 50.8 Å². The third-order valence-electron chi connectivity index (χ3n) is 4.08. The number of rotatable bonds is 8. The average Bonchev–Trinajstić information content (AvgIpc) is 2.62. The lowest BCUT2D eigenvalue weighted by Gasteiger charge is -2.21. The number of nitrogens with zero attached hydrogens (tertiary/aromatic N) is 1. The van der Waals surface area contributed by atoms with Gasteiger partial charge in [-0.2, -0.15) is 4.31 Å². The summed E-state index contributed by atoms with van der Waals surface area (Å²) in [7, 11) is -2.06. The minimum atomic E-state index is -3.49. The number of urea groups is 1. The summed E-state index contributed by atoms with van der Waals surface area (Å²) >= 11 is 0. The molecule has 0 aliphatic rings. The van der Waals surface area contributed by atoms with Crippen LogP contribution in [0.2, 0.25) is 0 Å². The van der Waals surface area contributed by atoms with E-state index in [1.807, 2.05) is 6.92 Å². The zero-order valence-corrected chi connectivity index (χ0v) is 16.7. The molecule has 1 rings (SSSR count). The summed E-state index contributed by atoms with van der Waals surface area (Å²) in [5, 5.41) is 7.60. The molecule has 0 aliphatic carbocycles. The fraction of sp³-hybridized carbons (Fsp3) is 0.529. The van der Waals surface area contributed by atoms with Gasteiger partial charge in [0.15, 0.2) is 0 Å². The van der Waals surface area contributed by atoms with Crippen molar-refractivity contribution in [1.82, 2.24) is 20.3 Å². The fourth-order valence-electron chi connectivity index (χ4n) is 2.47. The summed E-state index contributed by atoms with van der Waals surface area (Å²) in [6.45, 7) is 7.93. The van der Waals surface area contributed by atoms with Crippen LogP contribution in [0.5, 0.6) is 0 Å². The van der Waals surface area contributed by atoms with Gasteiger partial charge in [-0.15, -0.1) is 0 Å². The SMILES string of the molecule is CCN(CC)S(=O)(=O)c1ccc([C@@H](C)N[C@H](C)C(=O)NC(=O)NC)cc1. The van der Waals surface area contributed by atoms with Gasteiger partial charge in [-0.1, -0.05) is 26.0 Å². The standard InChI is InChI=1S/C17H28N4O4S/c1-6-21(7-2)26(24,25)15-10-8-14(9-11-15)12(3)19-13(4)16(22)20-17(23)18-5/h8-13,19H,6-7H2,1-5H3,(H2,18,20,22,23)/t12-,13-/m1/s1. The molecular formula is C17H28N4O4S. The first-order valence-electron chi connectivity index (χ1n) is 8.56. The Hall–Kier alpha value is -1.97. The molecule has 0 heterocycles. The smallest absolute Gasteiger partial charge is 0.321 e. The van der Waals surface area contributed by atoms with E-state index < -0.39 is 28.0 Å². The summed E-state index contributed by atoms with van der Waals surface area (Å²) in [4.78, 5) is 23.3. The monoisotopic (exact) mass is 384 g/mol. The molecule has 9 heteroatoms. The maximum Gasteiger partial charge on any atom is 0.321 e. The van der Waals surface area contributed by atoms with E-state index >= 15 is 0 Å². The van der Waals surface area contributed by atoms with Gasteiger partial charge in [-0.05, 0) is 31.5 Å². The van der Waals surface area contributed by atoms with Gasteiger partial charge in [0.25, 0.3) is 0 Å². The lowest BCUT2D eigenvalue weighted by atomic mass is 10.1. The average molecular weight is 385 g/mol. The Bertz CT molecular complexity index is 715. The fourth-order valence-corrected chi connectivity index (χ4v) is 3.93. The number of nitrogens with one attached hydrogen (secondary N) is 3. The van der Waals surface area contributed by atoms with Crippen molar-refractivity contribution in [1.29, 1.82) is 0 Å².